The number of para-hydroxylation sites is 1. The predicted molar refractivity (Wildman–Crippen MR) is 75.1 cm³/mol. The molecule has 102 valence electrons. The number of hydrogen-bond acceptors (Lipinski definition) is 3. The summed E-state index contributed by atoms with van der Waals surface area (Å²) >= 11 is 3.02. The third-order valence-corrected chi connectivity index (χ3v) is 3.38. The Labute approximate surface area is 121 Å². The van der Waals surface area contributed by atoms with Crippen molar-refractivity contribution in [1.29, 1.82) is 0 Å². The minimum atomic E-state index is -0.634. The van der Waals surface area contributed by atoms with Crippen LogP contribution in [-0.2, 0) is 0 Å². The minimum Gasteiger partial charge on any atom is -0.319 e. The lowest BCUT2D eigenvalue weighted by atomic mass is 10.2. The lowest BCUT2D eigenvalue weighted by Crippen LogP contribution is -2.14. The highest BCUT2D eigenvalue weighted by atomic mass is 79.9. The second-order valence-corrected chi connectivity index (χ2v) is 4.62. The van der Waals surface area contributed by atoms with E-state index in [1.54, 1.807) is 6.07 Å². The van der Waals surface area contributed by atoms with Crippen LogP contribution >= 0.6 is 15.9 Å². The molecule has 1 amide bonds. The molecule has 20 heavy (non-hydrogen) atoms. The maximum absolute atomic E-state index is 13.4. The molecule has 0 radical (unpaired) electrons. The van der Waals surface area contributed by atoms with Gasteiger partial charge in [0.2, 0.25) is 0 Å². The van der Waals surface area contributed by atoms with Crippen molar-refractivity contribution in [1.82, 2.24) is 0 Å². The highest BCUT2D eigenvalue weighted by Gasteiger charge is 2.20. The molecule has 2 rings (SSSR count). The molecule has 0 spiro atoms. The van der Waals surface area contributed by atoms with E-state index in [2.05, 4.69) is 21.2 Å². The summed E-state index contributed by atoms with van der Waals surface area (Å²) in [6.07, 6.45) is 0. The van der Waals surface area contributed by atoms with Crippen LogP contribution < -0.4 is 5.32 Å². The standard InChI is InChI=1S/C13H8BrFN2O3/c14-12-8(4-3-7-11(12)17(19)20)13(18)16-10-6-2-1-5-9(10)15/h1-7H,(H,16,18). The van der Waals surface area contributed by atoms with Crippen LogP contribution in [0.15, 0.2) is 46.9 Å². The first-order chi connectivity index (χ1) is 9.50. The van der Waals surface area contributed by atoms with Crippen molar-refractivity contribution >= 4 is 33.2 Å². The Morgan fingerprint density at radius 2 is 1.90 bits per heavy atom. The predicted octanol–water partition coefficient (Wildman–Crippen LogP) is 3.75. The summed E-state index contributed by atoms with van der Waals surface area (Å²) in [5.74, 6) is -1.21. The molecule has 7 heteroatoms. The smallest absolute Gasteiger partial charge is 0.284 e. The molecule has 0 aliphatic heterocycles. The minimum absolute atomic E-state index is 0.0101. The number of benzene rings is 2. The van der Waals surface area contributed by atoms with Gasteiger partial charge in [0.25, 0.3) is 11.6 Å². The van der Waals surface area contributed by atoms with E-state index in [4.69, 9.17) is 0 Å². The molecule has 5 nitrogen and oxygen atoms in total. The van der Waals surface area contributed by atoms with Crippen LogP contribution in [0.25, 0.3) is 0 Å². The molecule has 0 aliphatic carbocycles. The lowest BCUT2D eigenvalue weighted by molar-refractivity contribution is -0.385. The summed E-state index contributed by atoms with van der Waals surface area (Å²) in [7, 11) is 0. The Morgan fingerprint density at radius 1 is 1.20 bits per heavy atom. The van der Waals surface area contributed by atoms with Crippen molar-refractivity contribution in [2.75, 3.05) is 5.32 Å². The van der Waals surface area contributed by atoms with Crippen LogP contribution in [0, 0.1) is 15.9 Å². The zero-order chi connectivity index (χ0) is 14.7. The Bertz CT molecular complexity index is 691. The van der Waals surface area contributed by atoms with Crippen molar-refractivity contribution < 1.29 is 14.1 Å². The Balaban J connectivity index is 2.33. The number of nitrogens with zero attached hydrogens (tertiary/aromatic N) is 1. The van der Waals surface area contributed by atoms with Crippen molar-refractivity contribution in [2.24, 2.45) is 0 Å². The molecule has 0 saturated heterocycles. The fourth-order valence-corrected chi connectivity index (χ4v) is 2.18. The first kappa shape index (κ1) is 14.1. The number of nitro benzene ring substituents is 1. The number of hydrogen-bond donors (Lipinski definition) is 1. The van der Waals surface area contributed by atoms with Gasteiger partial charge in [-0.05, 0) is 34.1 Å². The van der Waals surface area contributed by atoms with E-state index in [1.807, 2.05) is 0 Å². The summed E-state index contributed by atoms with van der Waals surface area (Å²) in [4.78, 5) is 22.2. The molecule has 0 heterocycles. The van der Waals surface area contributed by atoms with Gasteiger partial charge >= 0.3 is 0 Å². The first-order valence-corrected chi connectivity index (χ1v) is 6.29. The zero-order valence-corrected chi connectivity index (χ0v) is 11.6. The van der Waals surface area contributed by atoms with E-state index in [1.165, 1.54) is 36.4 Å². The second-order valence-electron chi connectivity index (χ2n) is 3.83. The summed E-state index contributed by atoms with van der Waals surface area (Å²) in [5, 5.41) is 13.2. The van der Waals surface area contributed by atoms with Gasteiger partial charge in [-0.2, -0.15) is 0 Å². The largest absolute Gasteiger partial charge is 0.319 e. The quantitative estimate of drug-likeness (QED) is 0.684. The molecule has 2 aromatic rings. The van der Waals surface area contributed by atoms with Gasteiger partial charge in [0.1, 0.15) is 10.3 Å². The molecular formula is C13H8BrFN2O3. The molecular weight excluding hydrogens is 331 g/mol. The van der Waals surface area contributed by atoms with E-state index < -0.39 is 16.6 Å². The number of halogens is 2. The van der Waals surface area contributed by atoms with Crippen LogP contribution in [0.1, 0.15) is 10.4 Å². The molecule has 0 saturated carbocycles. The maximum Gasteiger partial charge on any atom is 0.284 e. The monoisotopic (exact) mass is 338 g/mol. The summed E-state index contributed by atoms with van der Waals surface area (Å²) < 4.78 is 13.5. The van der Waals surface area contributed by atoms with Gasteiger partial charge in [-0.15, -0.1) is 0 Å². The molecule has 1 N–H and O–H groups in total. The molecule has 0 fully saturated rings. The average Bonchev–Trinajstić information content (AvgIpc) is 2.41. The fourth-order valence-electron chi connectivity index (χ4n) is 1.59. The SMILES string of the molecule is O=C(Nc1ccccc1F)c1cccc([N+](=O)[O-])c1Br. The summed E-state index contributed by atoms with van der Waals surface area (Å²) in [5.41, 5.74) is -0.162. The normalized spacial score (nSPS) is 10.1. The van der Waals surface area contributed by atoms with E-state index in [-0.39, 0.29) is 21.4 Å². The molecule has 2 aromatic carbocycles. The Hall–Kier alpha value is -2.28. The van der Waals surface area contributed by atoms with Gasteiger partial charge in [-0.1, -0.05) is 18.2 Å². The molecule has 0 atom stereocenters. The van der Waals surface area contributed by atoms with E-state index in [9.17, 15) is 19.3 Å². The van der Waals surface area contributed by atoms with E-state index in [0.29, 0.717) is 0 Å². The number of carbonyl (C=O) groups excluding carboxylic acids is 1. The van der Waals surface area contributed by atoms with Crippen LogP contribution in [0.4, 0.5) is 15.8 Å². The number of amides is 1. The van der Waals surface area contributed by atoms with Gasteiger partial charge < -0.3 is 5.32 Å². The average molecular weight is 339 g/mol. The van der Waals surface area contributed by atoms with Crippen LogP contribution in [-0.4, -0.2) is 10.8 Å². The van der Waals surface area contributed by atoms with Crippen LogP contribution in [0.3, 0.4) is 0 Å². The Morgan fingerprint density at radius 3 is 2.55 bits per heavy atom. The van der Waals surface area contributed by atoms with E-state index >= 15 is 0 Å². The molecule has 0 aromatic heterocycles. The van der Waals surface area contributed by atoms with Gasteiger partial charge in [0, 0.05) is 6.07 Å². The number of nitro groups is 1. The summed E-state index contributed by atoms with van der Waals surface area (Å²) in [6.45, 7) is 0. The van der Waals surface area contributed by atoms with Gasteiger partial charge in [0.15, 0.2) is 0 Å². The molecule has 0 aliphatic rings. The number of nitrogens with one attached hydrogen (secondary N) is 1. The third-order valence-electron chi connectivity index (χ3n) is 2.54. The third kappa shape index (κ3) is 2.83. The zero-order valence-electron chi connectivity index (χ0n) is 9.97. The van der Waals surface area contributed by atoms with Crippen LogP contribution in [0.5, 0.6) is 0 Å². The number of rotatable bonds is 3. The molecule has 0 unspecified atom stereocenters. The van der Waals surface area contributed by atoms with Crippen molar-refractivity contribution in [3.8, 4) is 0 Å². The highest BCUT2D eigenvalue weighted by molar-refractivity contribution is 9.10. The second kappa shape index (κ2) is 5.79. The molecule has 0 bridgehead atoms. The van der Waals surface area contributed by atoms with Gasteiger partial charge in [0.05, 0.1) is 16.2 Å². The Kier molecular flexibility index (Phi) is 4.09. The van der Waals surface area contributed by atoms with Crippen LogP contribution in [0.2, 0.25) is 0 Å². The maximum atomic E-state index is 13.4. The summed E-state index contributed by atoms with van der Waals surface area (Å²) in [6, 6.07) is 9.74. The van der Waals surface area contributed by atoms with Crippen molar-refractivity contribution in [3.05, 3.63) is 68.4 Å². The van der Waals surface area contributed by atoms with Gasteiger partial charge in [-0.25, -0.2) is 4.39 Å². The lowest BCUT2D eigenvalue weighted by Gasteiger charge is -2.07. The first-order valence-electron chi connectivity index (χ1n) is 5.49. The van der Waals surface area contributed by atoms with Gasteiger partial charge in [-0.3, -0.25) is 14.9 Å². The fraction of sp³-hybridized carbons (Fsp3) is 0. The number of anilines is 1. The van der Waals surface area contributed by atoms with Crippen molar-refractivity contribution in [2.45, 2.75) is 0 Å². The number of carbonyl (C=O) groups is 1. The topological polar surface area (TPSA) is 72.2 Å². The highest BCUT2D eigenvalue weighted by Crippen LogP contribution is 2.29. The van der Waals surface area contributed by atoms with E-state index in [0.717, 1.165) is 0 Å². The van der Waals surface area contributed by atoms with Crippen molar-refractivity contribution in [3.63, 3.8) is 0 Å².